The van der Waals surface area contributed by atoms with E-state index in [-0.39, 0.29) is 12.6 Å². The van der Waals surface area contributed by atoms with Crippen molar-refractivity contribution in [3.8, 4) is 0 Å². The summed E-state index contributed by atoms with van der Waals surface area (Å²) in [7, 11) is 0. The van der Waals surface area contributed by atoms with E-state index in [9.17, 15) is 4.39 Å². The van der Waals surface area contributed by atoms with Gasteiger partial charge in [0, 0.05) is 16.1 Å². The molecule has 0 bridgehead atoms. The van der Waals surface area contributed by atoms with E-state index >= 15 is 0 Å². The van der Waals surface area contributed by atoms with Crippen LogP contribution in [0.25, 0.3) is 0 Å². The van der Waals surface area contributed by atoms with Gasteiger partial charge >= 0.3 is 0 Å². The molecule has 1 aromatic carbocycles. The zero-order valence-electron chi connectivity index (χ0n) is 6.85. The van der Waals surface area contributed by atoms with Crippen LogP contribution >= 0.6 is 15.9 Å². The molecule has 1 nitrogen and oxygen atoms in total. The van der Waals surface area contributed by atoms with Crippen molar-refractivity contribution in [1.82, 2.24) is 0 Å². The van der Waals surface area contributed by atoms with Gasteiger partial charge in [0.15, 0.2) is 0 Å². The molecular formula is C9H11BrFN. The van der Waals surface area contributed by atoms with Gasteiger partial charge in [0.25, 0.3) is 0 Å². The van der Waals surface area contributed by atoms with E-state index in [1.807, 2.05) is 13.0 Å². The summed E-state index contributed by atoms with van der Waals surface area (Å²) >= 11 is 3.34. The lowest BCUT2D eigenvalue weighted by molar-refractivity contribution is 0.446. The molecule has 1 aromatic rings. The Morgan fingerprint density at radius 1 is 1.58 bits per heavy atom. The number of anilines is 1. The highest BCUT2D eigenvalue weighted by molar-refractivity contribution is 9.10. The number of rotatable bonds is 2. The molecule has 0 aliphatic heterocycles. The molecule has 0 aliphatic rings. The van der Waals surface area contributed by atoms with Gasteiger partial charge < -0.3 is 5.73 Å². The van der Waals surface area contributed by atoms with Gasteiger partial charge in [0.05, 0.1) is 6.67 Å². The van der Waals surface area contributed by atoms with Gasteiger partial charge in [-0.3, -0.25) is 4.39 Å². The molecule has 66 valence electrons. The fourth-order valence-electron chi connectivity index (χ4n) is 1.03. The molecule has 1 atom stereocenters. The second-order valence-corrected chi connectivity index (χ2v) is 3.69. The maximum atomic E-state index is 12.3. The Hall–Kier alpha value is -0.570. The number of hydrogen-bond acceptors (Lipinski definition) is 1. The van der Waals surface area contributed by atoms with Crippen LogP contribution in [-0.4, -0.2) is 6.67 Å². The third kappa shape index (κ3) is 1.97. The van der Waals surface area contributed by atoms with Crippen LogP contribution in [-0.2, 0) is 0 Å². The Balaban J connectivity index is 3.01. The van der Waals surface area contributed by atoms with Gasteiger partial charge in [0.2, 0.25) is 0 Å². The summed E-state index contributed by atoms with van der Waals surface area (Å²) in [5, 5.41) is 0. The molecule has 0 heterocycles. The smallest absolute Gasteiger partial charge is 0.0960 e. The number of nitrogens with two attached hydrogens (primary N) is 1. The molecule has 3 heteroatoms. The number of halogens is 2. The Morgan fingerprint density at radius 2 is 2.25 bits per heavy atom. The van der Waals surface area contributed by atoms with Gasteiger partial charge in [-0.05, 0) is 17.7 Å². The maximum absolute atomic E-state index is 12.3. The fourth-order valence-corrected chi connectivity index (χ4v) is 1.81. The lowest BCUT2D eigenvalue weighted by atomic mass is 10.0. The van der Waals surface area contributed by atoms with Crippen molar-refractivity contribution in [3.05, 3.63) is 28.2 Å². The third-order valence-corrected chi connectivity index (χ3v) is 2.47. The Kier molecular flexibility index (Phi) is 3.09. The standard InChI is InChI=1S/C9H11BrFN/c1-6(5-11)8-3-2-7(12)4-9(8)10/h2-4,6H,5,12H2,1H3. The van der Waals surface area contributed by atoms with Crippen molar-refractivity contribution in [3.63, 3.8) is 0 Å². The maximum Gasteiger partial charge on any atom is 0.0960 e. The average Bonchev–Trinajstić information content (AvgIpc) is 2.03. The predicted octanol–water partition coefficient (Wildman–Crippen LogP) is 3.10. The SMILES string of the molecule is CC(CF)c1ccc(N)cc1Br. The summed E-state index contributed by atoms with van der Waals surface area (Å²) in [6, 6.07) is 5.43. The Labute approximate surface area is 79.9 Å². The minimum Gasteiger partial charge on any atom is -0.399 e. The van der Waals surface area contributed by atoms with E-state index in [0.29, 0.717) is 5.69 Å². The normalized spacial score (nSPS) is 12.9. The van der Waals surface area contributed by atoms with E-state index in [2.05, 4.69) is 15.9 Å². The quantitative estimate of drug-likeness (QED) is 0.779. The minimum absolute atomic E-state index is 0.0695. The second-order valence-electron chi connectivity index (χ2n) is 2.84. The number of benzene rings is 1. The molecule has 0 fully saturated rings. The first-order valence-corrected chi connectivity index (χ1v) is 4.55. The highest BCUT2D eigenvalue weighted by Gasteiger charge is 2.08. The highest BCUT2D eigenvalue weighted by Crippen LogP contribution is 2.26. The van der Waals surface area contributed by atoms with Crippen molar-refractivity contribution in [2.75, 3.05) is 12.4 Å². The molecule has 1 unspecified atom stereocenters. The third-order valence-electron chi connectivity index (χ3n) is 1.79. The number of hydrogen-bond donors (Lipinski definition) is 1. The van der Waals surface area contributed by atoms with Crippen molar-refractivity contribution < 1.29 is 4.39 Å². The Morgan fingerprint density at radius 3 is 2.75 bits per heavy atom. The number of nitrogen functional groups attached to an aromatic ring is 1. The summed E-state index contributed by atoms with van der Waals surface area (Å²) in [5.41, 5.74) is 7.20. The Bertz CT molecular complexity index is 275. The van der Waals surface area contributed by atoms with E-state index in [1.54, 1.807) is 12.1 Å². The predicted molar refractivity (Wildman–Crippen MR) is 52.9 cm³/mol. The summed E-state index contributed by atoms with van der Waals surface area (Å²) in [5.74, 6) is -0.0695. The highest BCUT2D eigenvalue weighted by atomic mass is 79.9. The first kappa shape index (κ1) is 9.52. The molecule has 0 aliphatic carbocycles. The first-order valence-electron chi connectivity index (χ1n) is 3.76. The summed E-state index contributed by atoms with van der Waals surface area (Å²) < 4.78 is 13.2. The monoisotopic (exact) mass is 231 g/mol. The van der Waals surface area contributed by atoms with Crippen LogP contribution in [0.5, 0.6) is 0 Å². The topological polar surface area (TPSA) is 26.0 Å². The van der Waals surface area contributed by atoms with Gasteiger partial charge in [-0.15, -0.1) is 0 Å². The van der Waals surface area contributed by atoms with Crippen molar-refractivity contribution >= 4 is 21.6 Å². The van der Waals surface area contributed by atoms with E-state index in [1.165, 1.54) is 0 Å². The lowest BCUT2D eigenvalue weighted by Crippen LogP contribution is -1.97. The van der Waals surface area contributed by atoms with Gasteiger partial charge in [-0.25, -0.2) is 0 Å². The van der Waals surface area contributed by atoms with Crippen LogP contribution in [0.4, 0.5) is 10.1 Å². The molecular weight excluding hydrogens is 221 g/mol. The zero-order chi connectivity index (χ0) is 9.14. The van der Waals surface area contributed by atoms with Gasteiger partial charge in [-0.1, -0.05) is 28.9 Å². The van der Waals surface area contributed by atoms with Crippen LogP contribution in [0.15, 0.2) is 22.7 Å². The van der Waals surface area contributed by atoms with Gasteiger partial charge in [0.1, 0.15) is 0 Å². The van der Waals surface area contributed by atoms with Crippen LogP contribution in [0.1, 0.15) is 18.4 Å². The molecule has 0 amide bonds. The van der Waals surface area contributed by atoms with Crippen LogP contribution in [0.3, 0.4) is 0 Å². The van der Waals surface area contributed by atoms with Crippen molar-refractivity contribution in [2.24, 2.45) is 0 Å². The molecule has 0 saturated heterocycles. The first-order chi connectivity index (χ1) is 5.65. The summed E-state index contributed by atoms with van der Waals surface area (Å²) in [6.45, 7) is 1.50. The van der Waals surface area contributed by atoms with Crippen LogP contribution in [0.2, 0.25) is 0 Å². The lowest BCUT2D eigenvalue weighted by Gasteiger charge is -2.09. The molecule has 2 N–H and O–H groups in total. The van der Waals surface area contributed by atoms with Crippen molar-refractivity contribution in [1.29, 1.82) is 0 Å². The average molecular weight is 232 g/mol. The molecule has 0 radical (unpaired) electrons. The van der Waals surface area contributed by atoms with E-state index < -0.39 is 0 Å². The number of alkyl halides is 1. The summed E-state index contributed by atoms with van der Waals surface area (Å²) in [6.07, 6.45) is 0. The van der Waals surface area contributed by atoms with E-state index in [4.69, 9.17) is 5.73 Å². The molecule has 0 saturated carbocycles. The van der Waals surface area contributed by atoms with Crippen LogP contribution < -0.4 is 5.73 Å². The van der Waals surface area contributed by atoms with Crippen LogP contribution in [0, 0.1) is 0 Å². The minimum atomic E-state index is -0.345. The molecule has 0 aromatic heterocycles. The largest absolute Gasteiger partial charge is 0.399 e. The molecule has 0 spiro atoms. The molecule has 12 heavy (non-hydrogen) atoms. The summed E-state index contributed by atoms with van der Waals surface area (Å²) in [4.78, 5) is 0. The molecule has 1 rings (SSSR count). The van der Waals surface area contributed by atoms with Gasteiger partial charge in [-0.2, -0.15) is 0 Å². The fraction of sp³-hybridized carbons (Fsp3) is 0.333. The van der Waals surface area contributed by atoms with Crippen molar-refractivity contribution in [2.45, 2.75) is 12.8 Å². The van der Waals surface area contributed by atoms with E-state index in [0.717, 1.165) is 10.0 Å². The zero-order valence-corrected chi connectivity index (χ0v) is 8.44. The second kappa shape index (κ2) is 3.90.